The summed E-state index contributed by atoms with van der Waals surface area (Å²) in [5, 5.41) is 12.2. The summed E-state index contributed by atoms with van der Waals surface area (Å²) in [7, 11) is 0. The number of aromatic nitrogens is 1. The molecule has 0 spiro atoms. The SMILES string of the molecule is CCN1C(=O)[C@H]2[C@H](CC=C3[C@H]2C[C@H]2C(=O)N(Nc4ncc(C(F)(F)F)cc4Cl)C(=O)[C@@]2(c2ccc(Cl)cc2)[C@H]3c2cccc(C)c2O)C1=O. The Morgan fingerprint density at radius 3 is 2.39 bits per heavy atom. The normalized spacial score (nSPS) is 28.0. The molecule has 1 aromatic heterocycles. The molecule has 2 aromatic carbocycles. The second kappa shape index (κ2) is 11.6. The van der Waals surface area contributed by atoms with Crippen LogP contribution in [0.1, 0.15) is 47.9 Å². The molecule has 0 radical (unpaired) electrons. The Morgan fingerprint density at radius 2 is 1.73 bits per heavy atom. The number of hydrogen-bond donors (Lipinski definition) is 2. The van der Waals surface area contributed by atoms with Crippen LogP contribution in [0.2, 0.25) is 10.0 Å². The van der Waals surface area contributed by atoms with Crippen molar-refractivity contribution in [3.05, 3.63) is 98.7 Å². The van der Waals surface area contributed by atoms with Crippen molar-refractivity contribution >= 4 is 52.6 Å². The third kappa shape index (κ3) is 4.78. The predicted octanol–water partition coefficient (Wildman–Crippen LogP) is 6.43. The highest BCUT2D eigenvalue weighted by Crippen LogP contribution is 2.65. The van der Waals surface area contributed by atoms with Crippen LogP contribution in [-0.4, -0.2) is 50.2 Å². The fraction of sp³-hybridized carbons (Fsp3) is 0.343. The fourth-order valence-electron chi connectivity index (χ4n) is 8.42. The Labute approximate surface area is 288 Å². The molecule has 4 amide bonds. The number of anilines is 1. The number of phenols is 1. The fourth-order valence-corrected chi connectivity index (χ4v) is 8.75. The second-order valence-electron chi connectivity index (χ2n) is 12.9. The molecule has 3 fully saturated rings. The van der Waals surface area contributed by atoms with Crippen molar-refractivity contribution in [2.75, 3.05) is 12.0 Å². The summed E-state index contributed by atoms with van der Waals surface area (Å²) in [6, 6.07) is 12.1. The van der Waals surface area contributed by atoms with Gasteiger partial charge in [0.05, 0.1) is 33.8 Å². The van der Waals surface area contributed by atoms with Gasteiger partial charge in [-0.2, -0.15) is 18.2 Å². The molecule has 2 aliphatic carbocycles. The number of hydrazine groups is 1. The molecule has 254 valence electrons. The Hall–Kier alpha value is -4.42. The average molecular weight is 714 g/mol. The topological polar surface area (TPSA) is 120 Å². The van der Waals surface area contributed by atoms with Crippen molar-refractivity contribution in [1.29, 1.82) is 0 Å². The minimum Gasteiger partial charge on any atom is -0.507 e. The van der Waals surface area contributed by atoms with Crippen LogP contribution in [0, 0.1) is 30.6 Å². The number of pyridine rings is 1. The second-order valence-corrected chi connectivity index (χ2v) is 13.7. The third-order valence-electron chi connectivity index (χ3n) is 10.5. The quantitative estimate of drug-likeness (QED) is 0.231. The highest BCUT2D eigenvalue weighted by molar-refractivity contribution is 6.33. The number of carbonyl (C=O) groups excluding carboxylic acids is 4. The summed E-state index contributed by atoms with van der Waals surface area (Å²) in [6.45, 7) is 3.59. The van der Waals surface area contributed by atoms with Gasteiger partial charge in [-0.05, 0) is 61.9 Å². The van der Waals surface area contributed by atoms with Gasteiger partial charge in [0.25, 0.3) is 11.8 Å². The summed E-state index contributed by atoms with van der Waals surface area (Å²) < 4.78 is 40.1. The number of nitrogens with zero attached hydrogens (tertiary/aromatic N) is 3. The van der Waals surface area contributed by atoms with Crippen molar-refractivity contribution in [3.8, 4) is 5.75 Å². The van der Waals surface area contributed by atoms with Gasteiger partial charge in [0.15, 0.2) is 5.82 Å². The highest BCUT2D eigenvalue weighted by Gasteiger charge is 2.70. The van der Waals surface area contributed by atoms with E-state index in [1.54, 1.807) is 56.3 Å². The lowest BCUT2D eigenvalue weighted by Gasteiger charge is -2.50. The molecule has 2 saturated heterocycles. The van der Waals surface area contributed by atoms with Crippen LogP contribution in [-0.2, 0) is 30.8 Å². The van der Waals surface area contributed by atoms with Crippen LogP contribution in [0.3, 0.4) is 0 Å². The highest BCUT2D eigenvalue weighted by atomic mass is 35.5. The van der Waals surface area contributed by atoms with Crippen molar-refractivity contribution in [2.24, 2.45) is 23.7 Å². The maximum atomic E-state index is 15.1. The molecule has 4 aliphatic rings. The van der Waals surface area contributed by atoms with Crippen LogP contribution in [0.4, 0.5) is 19.0 Å². The number of hydrogen-bond acceptors (Lipinski definition) is 7. The van der Waals surface area contributed by atoms with Gasteiger partial charge in [0, 0.05) is 29.2 Å². The molecule has 14 heteroatoms. The van der Waals surface area contributed by atoms with Gasteiger partial charge in [-0.25, -0.2) is 4.98 Å². The molecule has 49 heavy (non-hydrogen) atoms. The van der Waals surface area contributed by atoms with Gasteiger partial charge in [0.1, 0.15) is 5.75 Å². The minimum atomic E-state index is -4.74. The molecule has 0 unspecified atom stereocenters. The van der Waals surface area contributed by atoms with E-state index >= 15 is 4.79 Å². The minimum absolute atomic E-state index is 0.00773. The molecule has 9 nitrogen and oxygen atoms in total. The number of fused-ring (bicyclic) bond motifs is 4. The zero-order valence-corrected chi connectivity index (χ0v) is 27.6. The van der Waals surface area contributed by atoms with E-state index in [2.05, 4.69) is 10.4 Å². The van der Waals surface area contributed by atoms with Gasteiger partial charge in [-0.15, -0.1) is 0 Å². The molecule has 3 aromatic rings. The summed E-state index contributed by atoms with van der Waals surface area (Å²) in [4.78, 5) is 61.9. The molecular weight excluding hydrogens is 684 g/mol. The Morgan fingerprint density at radius 1 is 1.02 bits per heavy atom. The van der Waals surface area contributed by atoms with Crippen molar-refractivity contribution in [1.82, 2.24) is 14.9 Å². The summed E-state index contributed by atoms with van der Waals surface area (Å²) in [6.07, 6.45) is -2.13. The first-order chi connectivity index (χ1) is 23.2. The molecule has 2 aliphatic heterocycles. The summed E-state index contributed by atoms with van der Waals surface area (Å²) in [5.74, 6) is -6.86. The standard InChI is InChI=1S/C35H29Cl2F3N4O5/c1-3-43-30(46)21-12-11-20-23(26(21)32(43)48)14-24-31(47)44(42-29-25(37)13-18(15-41-29)35(38,39)40)33(49)34(24,17-7-9-19(36)10-8-17)27(20)22-6-4-5-16(2)28(22)45/h4-11,13,15,21,23-24,26-27,45H,3,12,14H2,1-2H3,(H,41,42)/t21-,23+,24-,26-,27+,34+/m0/s1. The third-order valence-corrected chi connectivity index (χ3v) is 11.1. The first kappa shape index (κ1) is 33.1. The molecule has 0 bridgehead atoms. The number of phenolic OH excluding ortho intramolecular Hbond substituents is 1. The smallest absolute Gasteiger partial charge is 0.417 e. The van der Waals surface area contributed by atoms with Crippen LogP contribution in [0.15, 0.2) is 66.4 Å². The molecule has 1 saturated carbocycles. The predicted molar refractivity (Wildman–Crippen MR) is 172 cm³/mol. The number of para-hydroxylation sites is 1. The van der Waals surface area contributed by atoms with Crippen LogP contribution < -0.4 is 5.43 Å². The first-order valence-electron chi connectivity index (χ1n) is 15.7. The number of aryl methyl sites for hydroxylation is 1. The molecule has 3 heterocycles. The average Bonchev–Trinajstić information content (AvgIpc) is 3.43. The zero-order chi connectivity index (χ0) is 35.2. The number of likely N-dealkylation sites (tertiary alicyclic amines) is 1. The van der Waals surface area contributed by atoms with E-state index in [1.165, 1.54) is 4.90 Å². The lowest BCUT2D eigenvalue weighted by molar-refractivity contribution is -0.141. The number of nitrogens with one attached hydrogen (secondary N) is 1. The molecule has 7 rings (SSSR count). The Kier molecular flexibility index (Phi) is 7.83. The van der Waals surface area contributed by atoms with Gasteiger partial charge >= 0.3 is 6.18 Å². The number of allylic oxidation sites excluding steroid dienone is 2. The Bertz CT molecular complexity index is 1970. The van der Waals surface area contributed by atoms with E-state index in [0.717, 1.165) is 5.01 Å². The van der Waals surface area contributed by atoms with Crippen molar-refractivity contribution in [2.45, 2.75) is 44.2 Å². The van der Waals surface area contributed by atoms with E-state index in [9.17, 15) is 32.7 Å². The summed E-state index contributed by atoms with van der Waals surface area (Å²) in [5.41, 5.74) is 1.63. The van der Waals surface area contributed by atoms with Crippen molar-refractivity contribution in [3.63, 3.8) is 0 Å². The maximum absolute atomic E-state index is 15.1. The number of halogens is 5. The van der Waals surface area contributed by atoms with E-state index in [1.807, 2.05) is 6.08 Å². The zero-order valence-electron chi connectivity index (χ0n) is 26.1. The van der Waals surface area contributed by atoms with Gasteiger partial charge in [-0.1, -0.05) is 65.2 Å². The Balaban J connectivity index is 1.45. The van der Waals surface area contributed by atoms with Crippen LogP contribution in [0.5, 0.6) is 5.75 Å². The number of carbonyl (C=O) groups is 4. The van der Waals surface area contributed by atoms with Gasteiger partial charge < -0.3 is 5.11 Å². The molecular formula is C35H29Cl2F3N4O5. The van der Waals surface area contributed by atoms with E-state index in [0.29, 0.717) is 39.5 Å². The number of imide groups is 2. The maximum Gasteiger partial charge on any atom is 0.417 e. The number of amides is 4. The lowest BCUT2D eigenvalue weighted by Crippen LogP contribution is -2.53. The molecule has 2 N–H and O–H groups in total. The number of rotatable bonds is 5. The van der Waals surface area contributed by atoms with Crippen molar-refractivity contribution < 1.29 is 37.5 Å². The summed E-state index contributed by atoms with van der Waals surface area (Å²) >= 11 is 12.5. The van der Waals surface area contributed by atoms with E-state index in [4.69, 9.17) is 23.2 Å². The van der Waals surface area contributed by atoms with Crippen LogP contribution in [0.25, 0.3) is 0 Å². The number of aromatic hydroxyl groups is 1. The number of alkyl halides is 3. The largest absolute Gasteiger partial charge is 0.507 e. The van der Waals surface area contributed by atoms with E-state index < -0.39 is 63.6 Å². The van der Waals surface area contributed by atoms with Gasteiger partial charge in [0.2, 0.25) is 11.8 Å². The number of benzene rings is 2. The van der Waals surface area contributed by atoms with Crippen LogP contribution >= 0.6 is 23.2 Å². The monoisotopic (exact) mass is 712 g/mol. The lowest BCUT2D eigenvalue weighted by atomic mass is 9.49. The van der Waals surface area contributed by atoms with Gasteiger partial charge in [-0.3, -0.25) is 29.5 Å². The van der Waals surface area contributed by atoms with E-state index in [-0.39, 0.29) is 42.8 Å². The first-order valence-corrected chi connectivity index (χ1v) is 16.4. The molecule has 6 atom stereocenters.